The van der Waals surface area contributed by atoms with E-state index < -0.39 is 86.8 Å². The highest BCUT2D eigenvalue weighted by atomic mass is 16.7. The molecule has 2 aliphatic rings. The first-order chi connectivity index (χ1) is 39.1. The summed E-state index contributed by atoms with van der Waals surface area (Å²) in [6.45, 7) is 2.56. The number of nitrogens with one attached hydrogen (secondary N) is 1. The van der Waals surface area contributed by atoms with Gasteiger partial charge in [0.1, 0.15) is 48.8 Å². The quantitative estimate of drug-likeness (QED) is 0.0204. The van der Waals surface area contributed by atoms with Crippen LogP contribution in [-0.4, -0.2) is 140 Å². The summed E-state index contributed by atoms with van der Waals surface area (Å²) in [5.74, 6) is -0.259. The summed E-state index contributed by atoms with van der Waals surface area (Å²) >= 11 is 0. The van der Waals surface area contributed by atoms with Gasteiger partial charge in [-0.15, -0.1) is 0 Å². The fourth-order valence-electron chi connectivity index (χ4n) is 9.45. The molecule has 1 amide bonds. The fraction of sp³-hybridized carbons (Fsp3) is 0.712. The van der Waals surface area contributed by atoms with Crippen LogP contribution in [0.1, 0.15) is 206 Å². The van der Waals surface area contributed by atoms with E-state index in [0.29, 0.717) is 12.8 Å². The molecule has 14 nitrogen and oxygen atoms in total. The minimum absolute atomic E-state index is 0.259. The maximum absolute atomic E-state index is 13.2. The van der Waals surface area contributed by atoms with Crippen LogP contribution in [0.15, 0.2) is 109 Å². The van der Waals surface area contributed by atoms with E-state index in [1.54, 1.807) is 6.08 Å². The number of amides is 1. The highest BCUT2D eigenvalue weighted by Crippen LogP contribution is 2.30. The van der Waals surface area contributed by atoms with E-state index in [9.17, 15) is 45.6 Å². The van der Waals surface area contributed by atoms with Crippen molar-refractivity contribution in [2.24, 2.45) is 0 Å². The Morgan fingerprint density at radius 3 is 1.36 bits per heavy atom. The monoisotopic (exact) mass is 1130 g/mol. The second-order valence-corrected chi connectivity index (χ2v) is 21.4. The molecule has 80 heavy (non-hydrogen) atoms. The van der Waals surface area contributed by atoms with Crippen molar-refractivity contribution in [1.82, 2.24) is 5.32 Å². The van der Waals surface area contributed by atoms with E-state index in [4.69, 9.17) is 18.9 Å². The van der Waals surface area contributed by atoms with Crippen LogP contribution in [0.4, 0.5) is 0 Å². The standard InChI is InChI=1S/C66H111NO13/c1-3-5-7-9-11-13-15-16-17-18-19-20-21-22-23-24-25-26-27-28-29-30-31-32-33-34-35-36-37-38-40-42-44-46-48-50-58(71)67-54(55(70)49-47-45-43-41-39-14-12-10-8-6-4-2)53-77-65-63(76)61(74)64(57(52-69)79-65)80-66-62(75)60(73)59(72)56(51-68)78-66/h5,7-8,10-11,13,16-17,19-20,22-23,25-26,39,41,47,49,54-57,59-66,68-70,72-76H,3-4,6,9,12,14-15,18,21,24,27-38,40,42-46,48,50-53H2,1-2H3,(H,67,71)/b7-5-,10-8+,13-11-,17-16-,20-19-,23-22-,26-25-,41-39+,49-47+. The lowest BCUT2D eigenvalue weighted by atomic mass is 9.97. The second kappa shape index (κ2) is 50.2. The Hall–Kier alpha value is -3.35. The molecule has 0 aromatic heterocycles. The molecule has 12 atom stereocenters. The highest BCUT2D eigenvalue weighted by Gasteiger charge is 2.51. The molecule has 2 saturated heterocycles. The van der Waals surface area contributed by atoms with Crippen LogP contribution >= 0.6 is 0 Å². The Morgan fingerprint density at radius 1 is 0.463 bits per heavy atom. The summed E-state index contributed by atoms with van der Waals surface area (Å²) in [4.78, 5) is 13.2. The number of hydrogen-bond donors (Lipinski definition) is 9. The Morgan fingerprint density at radius 2 is 0.875 bits per heavy atom. The lowest BCUT2D eigenvalue weighted by molar-refractivity contribution is -0.359. The number of unbranched alkanes of at least 4 members (excludes halogenated alkanes) is 19. The molecule has 0 radical (unpaired) electrons. The number of allylic oxidation sites excluding steroid dienone is 17. The number of aliphatic hydroxyl groups excluding tert-OH is 8. The number of carbonyl (C=O) groups excluding carboxylic acids is 1. The first-order valence-corrected chi connectivity index (χ1v) is 31.1. The van der Waals surface area contributed by atoms with Crippen LogP contribution in [0.5, 0.6) is 0 Å². The van der Waals surface area contributed by atoms with Gasteiger partial charge in [0.2, 0.25) is 5.91 Å². The van der Waals surface area contributed by atoms with Gasteiger partial charge in [0.15, 0.2) is 12.6 Å². The highest BCUT2D eigenvalue weighted by molar-refractivity contribution is 5.76. The Bertz CT molecular complexity index is 1760. The SMILES string of the molecule is CC/C=C\C/C=C\C/C=C\C/C=C\C/C=C\C/C=C\CCCCCCCCCCCCCCCCCCC(=O)NC(COC1OC(CO)C(OC2OC(CO)C(O)C(O)C2O)C(O)C1O)C(O)/C=C/CC/C=C/CC/C=C/CCC. The van der Waals surface area contributed by atoms with Crippen LogP contribution < -0.4 is 5.32 Å². The molecule has 0 aliphatic carbocycles. The van der Waals surface area contributed by atoms with E-state index in [-0.39, 0.29) is 18.9 Å². The number of ether oxygens (including phenoxy) is 4. The molecule has 12 unspecified atom stereocenters. The lowest BCUT2D eigenvalue weighted by Crippen LogP contribution is -2.65. The molecule has 2 rings (SSSR count). The molecule has 2 aliphatic heterocycles. The Balaban J connectivity index is 1.62. The predicted molar refractivity (Wildman–Crippen MR) is 322 cm³/mol. The van der Waals surface area contributed by atoms with Gasteiger partial charge in [-0.25, -0.2) is 0 Å². The van der Waals surface area contributed by atoms with Gasteiger partial charge < -0.3 is 65.1 Å². The summed E-state index contributed by atoms with van der Waals surface area (Å²) < 4.78 is 22.7. The number of hydrogen-bond acceptors (Lipinski definition) is 13. The molecule has 0 spiro atoms. The van der Waals surface area contributed by atoms with Crippen molar-refractivity contribution in [3.63, 3.8) is 0 Å². The normalized spacial score (nSPS) is 25.0. The number of aliphatic hydroxyl groups is 8. The largest absolute Gasteiger partial charge is 0.394 e. The topological polar surface area (TPSA) is 228 Å². The third-order valence-electron chi connectivity index (χ3n) is 14.4. The lowest BCUT2D eigenvalue weighted by Gasteiger charge is -2.46. The summed E-state index contributed by atoms with van der Waals surface area (Å²) in [6, 6.07) is -0.942. The Kier molecular flexibility index (Phi) is 45.6. The van der Waals surface area contributed by atoms with Crippen molar-refractivity contribution in [3.8, 4) is 0 Å². The first-order valence-electron chi connectivity index (χ1n) is 31.1. The van der Waals surface area contributed by atoms with Crippen LogP contribution in [0, 0.1) is 0 Å². The van der Waals surface area contributed by atoms with Crippen LogP contribution in [-0.2, 0) is 23.7 Å². The van der Waals surface area contributed by atoms with Gasteiger partial charge in [-0.3, -0.25) is 4.79 Å². The van der Waals surface area contributed by atoms with Gasteiger partial charge in [-0.1, -0.05) is 220 Å². The number of carbonyl (C=O) groups is 1. The van der Waals surface area contributed by atoms with Crippen molar-refractivity contribution < 1.29 is 64.6 Å². The average Bonchev–Trinajstić information content (AvgIpc) is 3.46. The van der Waals surface area contributed by atoms with E-state index in [1.165, 1.54) is 83.5 Å². The Labute approximate surface area is 483 Å². The molecule has 2 fully saturated rings. The van der Waals surface area contributed by atoms with E-state index in [2.05, 4.69) is 116 Å². The van der Waals surface area contributed by atoms with Gasteiger partial charge in [-0.2, -0.15) is 0 Å². The summed E-state index contributed by atoms with van der Waals surface area (Å²) in [5, 5.41) is 86.9. The zero-order valence-corrected chi connectivity index (χ0v) is 49.3. The van der Waals surface area contributed by atoms with Crippen LogP contribution in [0.3, 0.4) is 0 Å². The molecule has 458 valence electrons. The molecular formula is C66H111NO13. The zero-order chi connectivity index (χ0) is 58.1. The van der Waals surface area contributed by atoms with Crippen LogP contribution in [0.25, 0.3) is 0 Å². The van der Waals surface area contributed by atoms with Gasteiger partial charge >= 0.3 is 0 Å². The molecular weight excluding hydrogens is 1010 g/mol. The minimum atomic E-state index is -1.80. The average molecular weight is 1130 g/mol. The molecule has 14 heteroatoms. The molecule has 0 aromatic rings. The molecule has 9 N–H and O–H groups in total. The minimum Gasteiger partial charge on any atom is -0.394 e. The van der Waals surface area contributed by atoms with Crippen molar-refractivity contribution in [2.45, 2.75) is 280 Å². The maximum Gasteiger partial charge on any atom is 0.220 e. The third kappa shape index (κ3) is 34.9. The molecule has 0 aromatic carbocycles. The first kappa shape index (κ1) is 72.8. The molecule has 0 bridgehead atoms. The summed E-state index contributed by atoms with van der Waals surface area (Å²) in [6.07, 6.45) is 54.5. The number of rotatable bonds is 48. The van der Waals surface area contributed by atoms with Gasteiger partial charge in [0.05, 0.1) is 32.0 Å². The van der Waals surface area contributed by atoms with E-state index >= 15 is 0 Å². The third-order valence-corrected chi connectivity index (χ3v) is 14.4. The second-order valence-electron chi connectivity index (χ2n) is 21.4. The van der Waals surface area contributed by atoms with Gasteiger partial charge in [0, 0.05) is 6.42 Å². The van der Waals surface area contributed by atoms with E-state index in [1.807, 2.05) is 6.08 Å². The zero-order valence-electron chi connectivity index (χ0n) is 49.3. The summed E-state index contributed by atoms with van der Waals surface area (Å²) in [7, 11) is 0. The molecule has 0 saturated carbocycles. The van der Waals surface area contributed by atoms with Crippen molar-refractivity contribution in [1.29, 1.82) is 0 Å². The van der Waals surface area contributed by atoms with Crippen LogP contribution in [0.2, 0.25) is 0 Å². The van der Waals surface area contributed by atoms with E-state index in [0.717, 1.165) is 89.9 Å². The van der Waals surface area contributed by atoms with Crippen molar-refractivity contribution in [3.05, 3.63) is 109 Å². The van der Waals surface area contributed by atoms with Crippen molar-refractivity contribution in [2.75, 3.05) is 19.8 Å². The van der Waals surface area contributed by atoms with Crippen molar-refractivity contribution >= 4 is 5.91 Å². The molecule has 2 heterocycles. The van der Waals surface area contributed by atoms with Gasteiger partial charge in [0.25, 0.3) is 0 Å². The van der Waals surface area contributed by atoms with Gasteiger partial charge in [-0.05, 0) is 89.9 Å². The maximum atomic E-state index is 13.2. The smallest absolute Gasteiger partial charge is 0.220 e. The fourth-order valence-corrected chi connectivity index (χ4v) is 9.45. The predicted octanol–water partition coefficient (Wildman–Crippen LogP) is 11.2. The summed E-state index contributed by atoms with van der Waals surface area (Å²) in [5.41, 5.74) is 0.